The van der Waals surface area contributed by atoms with Gasteiger partial charge in [0.15, 0.2) is 0 Å². The molecule has 1 aromatic heterocycles. The van der Waals surface area contributed by atoms with Crippen molar-refractivity contribution in [3.8, 4) is 0 Å². The van der Waals surface area contributed by atoms with E-state index in [1.807, 2.05) is 30.3 Å². The maximum Gasteiger partial charge on any atom is 0.223 e. The summed E-state index contributed by atoms with van der Waals surface area (Å²) in [6, 6.07) is 9.99. The third-order valence-electron chi connectivity index (χ3n) is 1.64. The normalized spacial score (nSPS) is 10.3. The molecule has 0 atom stereocenters. The van der Waals surface area contributed by atoms with E-state index in [9.17, 15) is 0 Å². The van der Waals surface area contributed by atoms with Crippen molar-refractivity contribution in [2.45, 2.75) is 9.92 Å². The lowest BCUT2D eigenvalue weighted by Crippen LogP contribution is -1.86. The second-order valence-electron chi connectivity index (χ2n) is 2.71. The Morgan fingerprint density at radius 3 is 2.67 bits per heavy atom. The minimum Gasteiger partial charge on any atom is -0.225 e. The predicted octanol–water partition coefficient (Wildman–Crippen LogP) is 4.04. The minimum atomic E-state index is 0.261. The number of rotatable bonds is 2. The molecule has 0 radical (unpaired) electrons. The van der Waals surface area contributed by atoms with Crippen LogP contribution in [0.25, 0.3) is 0 Å². The van der Waals surface area contributed by atoms with Crippen molar-refractivity contribution in [1.82, 2.24) is 9.97 Å². The molecule has 1 heterocycles. The molecule has 0 saturated carbocycles. The van der Waals surface area contributed by atoms with Crippen molar-refractivity contribution in [2.24, 2.45) is 0 Å². The van der Waals surface area contributed by atoms with Crippen LogP contribution in [0.5, 0.6) is 0 Å². The first-order valence-electron chi connectivity index (χ1n) is 4.16. The van der Waals surface area contributed by atoms with Gasteiger partial charge in [-0.3, -0.25) is 0 Å². The van der Waals surface area contributed by atoms with Crippen molar-refractivity contribution >= 4 is 39.3 Å². The molecule has 0 bridgehead atoms. The van der Waals surface area contributed by atoms with Crippen LogP contribution in [0.3, 0.4) is 0 Å². The summed E-state index contributed by atoms with van der Waals surface area (Å²) in [6.07, 6.45) is 1.65. The van der Waals surface area contributed by atoms with Gasteiger partial charge in [0, 0.05) is 11.1 Å². The van der Waals surface area contributed by atoms with Gasteiger partial charge in [-0.2, -0.15) is 0 Å². The first kappa shape index (κ1) is 10.9. The zero-order valence-electron chi connectivity index (χ0n) is 7.52. The lowest BCUT2D eigenvalue weighted by Gasteiger charge is -2.02. The van der Waals surface area contributed by atoms with E-state index in [0.717, 1.165) is 14.4 Å². The van der Waals surface area contributed by atoms with Gasteiger partial charge in [-0.25, -0.2) is 9.97 Å². The molecular formula is C10H6BrClN2S. The van der Waals surface area contributed by atoms with Gasteiger partial charge < -0.3 is 0 Å². The lowest BCUT2D eigenvalue weighted by molar-refractivity contribution is 1.03. The predicted molar refractivity (Wildman–Crippen MR) is 65.3 cm³/mol. The van der Waals surface area contributed by atoms with E-state index in [1.165, 1.54) is 0 Å². The van der Waals surface area contributed by atoms with Gasteiger partial charge in [-0.15, -0.1) is 0 Å². The Hall–Kier alpha value is -0.580. The molecule has 0 spiro atoms. The Kier molecular flexibility index (Phi) is 3.61. The first-order valence-corrected chi connectivity index (χ1v) is 6.15. The number of nitrogens with zero attached hydrogens (tertiary/aromatic N) is 2. The van der Waals surface area contributed by atoms with Gasteiger partial charge in [0.05, 0.1) is 4.47 Å². The molecule has 2 aromatic rings. The Bertz CT molecular complexity index is 464. The zero-order chi connectivity index (χ0) is 10.7. The van der Waals surface area contributed by atoms with E-state index in [2.05, 4.69) is 25.9 Å². The lowest BCUT2D eigenvalue weighted by atomic mass is 10.4. The van der Waals surface area contributed by atoms with Crippen molar-refractivity contribution in [1.29, 1.82) is 0 Å². The monoisotopic (exact) mass is 300 g/mol. The highest BCUT2D eigenvalue weighted by Crippen LogP contribution is 2.31. The molecule has 2 nitrogen and oxygen atoms in total. The molecule has 76 valence electrons. The van der Waals surface area contributed by atoms with Crippen LogP contribution in [-0.2, 0) is 0 Å². The Balaban J connectivity index is 2.28. The average Bonchev–Trinajstić information content (AvgIpc) is 2.25. The van der Waals surface area contributed by atoms with Crippen LogP contribution in [0.4, 0.5) is 0 Å². The molecule has 0 N–H and O–H groups in total. The Morgan fingerprint density at radius 1 is 1.20 bits per heavy atom. The fourth-order valence-electron chi connectivity index (χ4n) is 1.00. The highest BCUT2D eigenvalue weighted by Gasteiger charge is 2.05. The van der Waals surface area contributed by atoms with Crippen LogP contribution in [0, 0.1) is 0 Å². The number of aromatic nitrogens is 2. The van der Waals surface area contributed by atoms with E-state index in [-0.39, 0.29) is 5.28 Å². The molecule has 5 heteroatoms. The maximum absolute atomic E-state index is 5.73. The van der Waals surface area contributed by atoms with Gasteiger partial charge in [0.2, 0.25) is 5.28 Å². The van der Waals surface area contributed by atoms with E-state index in [1.54, 1.807) is 18.0 Å². The van der Waals surface area contributed by atoms with Crippen LogP contribution in [-0.4, -0.2) is 9.97 Å². The molecule has 0 aliphatic carbocycles. The quantitative estimate of drug-likeness (QED) is 0.618. The summed E-state index contributed by atoms with van der Waals surface area (Å²) >= 11 is 10.7. The first-order chi connectivity index (χ1) is 7.25. The molecule has 0 aliphatic heterocycles. The Morgan fingerprint density at radius 2 is 1.93 bits per heavy atom. The molecule has 2 rings (SSSR count). The molecule has 0 fully saturated rings. The van der Waals surface area contributed by atoms with Gasteiger partial charge in [0.1, 0.15) is 5.03 Å². The molecule has 0 unspecified atom stereocenters. The van der Waals surface area contributed by atoms with Crippen molar-refractivity contribution in [3.05, 3.63) is 46.3 Å². The van der Waals surface area contributed by atoms with Gasteiger partial charge in [-0.1, -0.05) is 30.0 Å². The van der Waals surface area contributed by atoms with Gasteiger partial charge >= 0.3 is 0 Å². The average molecular weight is 302 g/mol. The highest BCUT2D eigenvalue weighted by molar-refractivity contribution is 9.10. The summed E-state index contributed by atoms with van der Waals surface area (Å²) < 4.78 is 0.848. The molecule has 15 heavy (non-hydrogen) atoms. The second kappa shape index (κ2) is 4.96. The van der Waals surface area contributed by atoms with Crippen LogP contribution in [0.15, 0.2) is 50.9 Å². The highest BCUT2D eigenvalue weighted by atomic mass is 79.9. The van der Waals surface area contributed by atoms with E-state index < -0.39 is 0 Å². The zero-order valence-corrected chi connectivity index (χ0v) is 10.7. The molecule has 0 amide bonds. The molecule has 0 aliphatic rings. The third-order valence-corrected chi connectivity index (χ3v) is 3.68. The number of benzene rings is 1. The van der Waals surface area contributed by atoms with E-state index >= 15 is 0 Å². The molecular weight excluding hydrogens is 296 g/mol. The van der Waals surface area contributed by atoms with E-state index in [4.69, 9.17) is 11.6 Å². The van der Waals surface area contributed by atoms with Crippen molar-refractivity contribution in [2.75, 3.05) is 0 Å². The summed E-state index contributed by atoms with van der Waals surface area (Å²) in [6.45, 7) is 0. The SMILES string of the molecule is Clc1ncc(Br)c(Sc2ccccc2)n1. The van der Waals surface area contributed by atoms with E-state index in [0.29, 0.717) is 0 Å². The van der Waals surface area contributed by atoms with Crippen LogP contribution < -0.4 is 0 Å². The Labute approximate surface area is 105 Å². The van der Waals surface area contributed by atoms with Crippen LogP contribution >= 0.6 is 39.3 Å². The summed E-state index contributed by atoms with van der Waals surface area (Å²) in [5.74, 6) is 0. The van der Waals surface area contributed by atoms with Crippen molar-refractivity contribution in [3.63, 3.8) is 0 Å². The largest absolute Gasteiger partial charge is 0.225 e. The minimum absolute atomic E-state index is 0.261. The standard InChI is InChI=1S/C10H6BrClN2S/c11-8-6-13-10(12)14-9(8)15-7-4-2-1-3-5-7/h1-6H. The van der Waals surface area contributed by atoms with Gasteiger partial charge in [0.25, 0.3) is 0 Å². The summed E-state index contributed by atoms with van der Waals surface area (Å²) in [5.41, 5.74) is 0. The molecule has 1 aromatic carbocycles. The third kappa shape index (κ3) is 2.93. The van der Waals surface area contributed by atoms with Gasteiger partial charge in [-0.05, 0) is 39.7 Å². The summed E-state index contributed by atoms with van der Waals surface area (Å²) in [4.78, 5) is 9.13. The topological polar surface area (TPSA) is 25.8 Å². The van der Waals surface area contributed by atoms with Crippen LogP contribution in [0.1, 0.15) is 0 Å². The smallest absolute Gasteiger partial charge is 0.223 e. The number of hydrogen-bond acceptors (Lipinski definition) is 3. The fraction of sp³-hybridized carbons (Fsp3) is 0. The van der Waals surface area contributed by atoms with Crippen molar-refractivity contribution < 1.29 is 0 Å². The van der Waals surface area contributed by atoms with Crippen LogP contribution in [0.2, 0.25) is 5.28 Å². The second-order valence-corrected chi connectivity index (χ2v) is 4.96. The summed E-state index contributed by atoms with van der Waals surface area (Å²) in [5, 5.41) is 1.08. The summed E-state index contributed by atoms with van der Waals surface area (Å²) in [7, 11) is 0. The maximum atomic E-state index is 5.73. The molecule has 0 saturated heterocycles. The number of halogens is 2. The number of hydrogen-bond donors (Lipinski definition) is 0. The fourth-order valence-corrected chi connectivity index (χ4v) is 2.42.